The molecule has 5 rings (SSSR count). The van der Waals surface area contributed by atoms with Crippen molar-refractivity contribution in [2.45, 2.75) is 107 Å². The lowest BCUT2D eigenvalue weighted by atomic mass is 9.94. The van der Waals surface area contributed by atoms with Gasteiger partial charge < -0.3 is 14.2 Å². The van der Waals surface area contributed by atoms with Gasteiger partial charge in [-0.25, -0.2) is 26.4 Å². The predicted octanol–water partition coefficient (Wildman–Crippen LogP) is 8.87. The van der Waals surface area contributed by atoms with Crippen molar-refractivity contribution in [3.63, 3.8) is 0 Å². The molecule has 2 bridgehead atoms. The Morgan fingerprint density at radius 1 is 0.618 bits per heavy atom. The van der Waals surface area contributed by atoms with Crippen LogP contribution in [0.3, 0.4) is 0 Å². The highest BCUT2D eigenvalue weighted by Crippen LogP contribution is 2.44. The second kappa shape index (κ2) is 19.5. The SMILES string of the molecule is CCCCCCCS(=O)(=O)c1ccc(C(=O)Oc2ccc(OC(=O)c3ccc(S(=O)(=O)CCCCCCC)cc3)c(COC(=O)C3CC4C=CC3C4)c2)cc1. The molecule has 2 aliphatic rings. The molecule has 3 atom stereocenters. The van der Waals surface area contributed by atoms with E-state index >= 15 is 0 Å². The van der Waals surface area contributed by atoms with Gasteiger partial charge in [-0.2, -0.15) is 0 Å². The van der Waals surface area contributed by atoms with Crippen molar-refractivity contribution < 1.29 is 45.4 Å². The van der Waals surface area contributed by atoms with E-state index in [4.69, 9.17) is 14.2 Å². The Labute approximate surface area is 325 Å². The number of hydrogen-bond donors (Lipinski definition) is 0. The van der Waals surface area contributed by atoms with Crippen LogP contribution >= 0.6 is 0 Å². The molecule has 296 valence electrons. The average Bonchev–Trinajstić information content (AvgIpc) is 3.82. The molecule has 0 N–H and O–H groups in total. The number of allylic oxidation sites excluding steroid dienone is 2. The van der Waals surface area contributed by atoms with E-state index in [1.54, 1.807) is 0 Å². The van der Waals surface area contributed by atoms with Crippen molar-refractivity contribution >= 4 is 37.6 Å². The Balaban J connectivity index is 1.26. The van der Waals surface area contributed by atoms with Crippen LogP contribution in [-0.2, 0) is 35.8 Å². The normalized spacial score (nSPS) is 17.6. The maximum Gasteiger partial charge on any atom is 0.343 e. The first-order chi connectivity index (χ1) is 26.4. The highest BCUT2D eigenvalue weighted by Gasteiger charge is 2.40. The molecule has 0 heterocycles. The number of hydrogen-bond acceptors (Lipinski definition) is 10. The number of carbonyl (C=O) groups excluding carboxylic acids is 3. The van der Waals surface area contributed by atoms with E-state index in [9.17, 15) is 31.2 Å². The second-order valence-electron chi connectivity index (χ2n) is 14.6. The smallest absolute Gasteiger partial charge is 0.343 e. The van der Waals surface area contributed by atoms with E-state index in [1.165, 1.54) is 66.7 Å². The molecule has 3 unspecified atom stereocenters. The van der Waals surface area contributed by atoms with Gasteiger partial charge in [0, 0.05) is 5.56 Å². The molecule has 55 heavy (non-hydrogen) atoms. The first kappa shape index (κ1) is 41.9. The standard InChI is InChI=1S/C43H52O10S2/c1-3-5-7-9-11-25-54(47,48)37-20-15-32(16-21-37)41(44)52-36-19-24-40(35(29-36)30-51-43(46)39-28-31-13-14-34(39)27-31)53-42(45)33-17-22-38(23-18-33)55(49,50)26-12-10-8-6-4-2/h13-24,29,31,34,39H,3-12,25-28,30H2,1-2H3. The number of fused-ring (bicyclic) bond motifs is 2. The number of sulfone groups is 2. The van der Waals surface area contributed by atoms with Crippen LogP contribution in [-0.4, -0.2) is 46.2 Å². The largest absolute Gasteiger partial charge is 0.460 e. The van der Waals surface area contributed by atoms with Crippen molar-refractivity contribution in [3.05, 3.63) is 95.6 Å². The molecule has 10 nitrogen and oxygen atoms in total. The average molecular weight is 793 g/mol. The van der Waals surface area contributed by atoms with Crippen LogP contribution in [0.5, 0.6) is 11.5 Å². The number of esters is 3. The van der Waals surface area contributed by atoms with Gasteiger partial charge in [0.15, 0.2) is 19.7 Å². The topological polar surface area (TPSA) is 147 Å². The minimum absolute atomic E-state index is 0.0323. The van der Waals surface area contributed by atoms with E-state index in [0.29, 0.717) is 25.2 Å². The van der Waals surface area contributed by atoms with Crippen LogP contribution in [0.25, 0.3) is 0 Å². The van der Waals surface area contributed by atoms with Gasteiger partial charge in [-0.05, 0) is 104 Å². The van der Waals surface area contributed by atoms with Crippen molar-refractivity contribution in [1.82, 2.24) is 0 Å². The monoisotopic (exact) mass is 792 g/mol. The zero-order chi connectivity index (χ0) is 39.4. The number of ether oxygens (including phenoxy) is 3. The van der Waals surface area contributed by atoms with Crippen molar-refractivity contribution in [2.24, 2.45) is 17.8 Å². The molecule has 0 saturated heterocycles. The van der Waals surface area contributed by atoms with Gasteiger partial charge in [-0.15, -0.1) is 0 Å². The third-order valence-corrected chi connectivity index (χ3v) is 14.0. The van der Waals surface area contributed by atoms with Gasteiger partial charge in [-0.3, -0.25) is 4.79 Å². The van der Waals surface area contributed by atoms with Crippen molar-refractivity contribution in [3.8, 4) is 11.5 Å². The van der Waals surface area contributed by atoms with Crippen LogP contribution in [0.2, 0.25) is 0 Å². The minimum atomic E-state index is -3.50. The van der Waals surface area contributed by atoms with Crippen LogP contribution in [0.1, 0.15) is 117 Å². The first-order valence-corrected chi connectivity index (χ1v) is 22.8. The molecule has 1 fully saturated rings. The molecule has 0 aliphatic heterocycles. The maximum absolute atomic E-state index is 13.3. The number of rotatable bonds is 21. The van der Waals surface area contributed by atoms with E-state index in [0.717, 1.165) is 57.8 Å². The summed E-state index contributed by atoms with van der Waals surface area (Å²) in [5, 5.41) is 0. The van der Waals surface area contributed by atoms with Gasteiger partial charge in [0.2, 0.25) is 0 Å². The summed E-state index contributed by atoms with van der Waals surface area (Å²) in [5.74, 6) is -1.40. The Bertz CT molecular complexity index is 2040. The zero-order valence-corrected chi connectivity index (χ0v) is 33.4. The molecule has 0 spiro atoms. The van der Waals surface area contributed by atoms with Gasteiger partial charge >= 0.3 is 17.9 Å². The lowest BCUT2D eigenvalue weighted by Crippen LogP contribution is -2.21. The predicted molar refractivity (Wildman–Crippen MR) is 210 cm³/mol. The zero-order valence-electron chi connectivity index (χ0n) is 31.7. The Morgan fingerprint density at radius 3 is 1.64 bits per heavy atom. The molecular weight excluding hydrogens is 741 g/mol. The highest BCUT2D eigenvalue weighted by molar-refractivity contribution is 7.91. The van der Waals surface area contributed by atoms with Gasteiger partial charge in [0.05, 0.1) is 38.3 Å². The summed E-state index contributed by atoms with van der Waals surface area (Å²) in [4.78, 5) is 39.7. The molecule has 12 heteroatoms. The summed E-state index contributed by atoms with van der Waals surface area (Å²) < 4.78 is 68.3. The maximum atomic E-state index is 13.3. The van der Waals surface area contributed by atoms with Gasteiger partial charge in [0.1, 0.15) is 18.1 Å². The molecular formula is C43H52O10S2. The fourth-order valence-corrected chi connectivity index (χ4v) is 9.83. The Hall–Kier alpha value is -4.29. The van der Waals surface area contributed by atoms with Crippen LogP contribution in [0.4, 0.5) is 0 Å². The summed E-state index contributed by atoms with van der Waals surface area (Å²) in [6.07, 6.45) is 14.9. The third kappa shape index (κ3) is 11.6. The van der Waals surface area contributed by atoms with E-state index in [1.807, 2.05) is 6.08 Å². The summed E-state index contributed by atoms with van der Waals surface area (Å²) >= 11 is 0. The summed E-state index contributed by atoms with van der Waals surface area (Å²) in [6.45, 7) is 3.94. The summed E-state index contributed by atoms with van der Waals surface area (Å²) in [7, 11) is -7.00. The Kier molecular flexibility index (Phi) is 14.9. The second-order valence-corrected chi connectivity index (χ2v) is 18.8. The van der Waals surface area contributed by atoms with Crippen molar-refractivity contribution in [1.29, 1.82) is 0 Å². The van der Waals surface area contributed by atoms with Gasteiger partial charge in [0.25, 0.3) is 0 Å². The van der Waals surface area contributed by atoms with Crippen molar-refractivity contribution in [2.75, 3.05) is 11.5 Å². The number of unbranched alkanes of at least 4 members (excludes halogenated alkanes) is 8. The molecule has 2 aliphatic carbocycles. The molecule has 3 aromatic carbocycles. The fraction of sp³-hybridized carbons (Fsp3) is 0.465. The molecule has 3 aromatic rings. The van der Waals surface area contributed by atoms with E-state index in [-0.39, 0.29) is 73.9 Å². The fourth-order valence-electron chi connectivity index (χ4n) is 7.09. The van der Waals surface area contributed by atoms with E-state index < -0.39 is 31.6 Å². The van der Waals surface area contributed by atoms with E-state index in [2.05, 4.69) is 19.9 Å². The summed E-state index contributed by atoms with van der Waals surface area (Å²) in [5.41, 5.74) is 0.529. The lowest BCUT2D eigenvalue weighted by molar-refractivity contribution is -0.150. The summed E-state index contributed by atoms with van der Waals surface area (Å²) in [6, 6.07) is 15.5. The molecule has 0 aromatic heterocycles. The Morgan fingerprint density at radius 2 is 1.15 bits per heavy atom. The molecule has 1 saturated carbocycles. The third-order valence-electron chi connectivity index (χ3n) is 10.3. The van der Waals surface area contributed by atoms with Crippen LogP contribution < -0.4 is 9.47 Å². The highest BCUT2D eigenvalue weighted by atomic mass is 32.2. The van der Waals surface area contributed by atoms with Crippen LogP contribution in [0.15, 0.2) is 88.7 Å². The first-order valence-electron chi connectivity index (χ1n) is 19.5. The minimum Gasteiger partial charge on any atom is -0.460 e. The molecule has 0 amide bonds. The number of carbonyl (C=O) groups is 3. The van der Waals surface area contributed by atoms with Gasteiger partial charge in [-0.1, -0.05) is 77.4 Å². The molecule has 0 radical (unpaired) electrons. The number of benzene rings is 3. The lowest BCUT2D eigenvalue weighted by Gasteiger charge is -2.18. The quantitative estimate of drug-likeness (QED) is 0.0444. The van der Waals surface area contributed by atoms with Crippen LogP contribution in [0, 0.1) is 17.8 Å².